The molecular formula is C13H17N3. The van der Waals surface area contributed by atoms with Gasteiger partial charge in [-0.3, -0.25) is 0 Å². The van der Waals surface area contributed by atoms with Crippen LogP contribution in [-0.2, 0) is 6.54 Å². The largest absolute Gasteiger partial charge is 0.398 e. The van der Waals surface area contributed by atoms with Crippen molar-refractivity contribution in [2.45, 2.75) is 26.8 Å². The fourth-order valence-corrected chi connectivity index (χ4v) is 1.77. The molecule has 0 fully saturated rings. The van der Waals surface area contributed by atoms with Crippen LogP contribution < -0.4 is 5.73 Å². The lowest BCUT2D eigenvalue weighted by molar-refractivity contribution is 0.685. The standard InChI is InChI=1S/C13H17N3/c1-3-7-16-8-6-15-13(16)11-5-4-10(2)12(14)9-11/h4-6,8-9H,3,7,14H2,1-2H3. The lowest BCUT2D eigenvalue weighted by Crippen LogP contribution is -1.99. The average molecular weight is 215 g/mol. The summed E-state index contributed by atoms with van der Waals surface area (Å²) in [5.74, 6) is 0.994. The highest BCUT2D eigenvalue weighted by Gasteiger charge is 2.06. The number of hydrogen-bond acceptors (Lipinski definition) is 2. The number of nitrogen functional groups attached to an aromatic ring is 1. The summed E-state index contributed by atoms with van der Waals surface area (Å²) < 4.78 is 2.16. The van der Waals surface area contributed by atoms with Gasteiger partial charge in [-0.25, -0.2) is 4.98 Å². The molecular weight excluding hydrogens is 198 g/mol. The first-order chi connectivity index (χ1) is 7.72. The van der Waals surface area contributed by atoms with Crippen molar-refractivity contribution in [1.82, 2.24) is 9.55 Å². The Morgan fingerprint density at radius 2 is 2.19 bits per heavy atom. The molecule has 0 atom stereocenters. The highest BCUT2D eigenvalue weighted by Crippen LogP contribution is 2.22. The van der Waals surface area contributed by atoms with E-state index in [0.29, 0.717) is 0 Å². The van der Waals surface area contributed by atoms with Crippen molar-refractivity contribution >= 4 is 5.69 Å². The summed E-state index contributed by atoms with van der Waals surface area (Å²) >= 11 is 0. The van der Waals surface area contributed by atoms with E-state index < -0.39 is 0 Å². The van der Waals surface area contributed by atoms with Crippen molar-refractivity contribution in [2.24, 2.45) is 0 Å². The number of imidazole rings is 1. The van der Waals surface area contributed by atoms with Crippen LogP contribution in [0.3, 0.4) is 0 Å². The van der Waals surface area contributed by atoms with Gasteiger partial charge < -0.3 is 10.3 Å². The van der Waals surface area contributed by atoms with E-state index in [2.05, 4.69) is 22.5 Å². The van der Waals surface area contributed by atoms with Gasteiger partial charge in [0.05, 0.1) is 0 Å². The molecule has 0 unspecified atom stereocenters. The van der Waals surface area contributed by atoms with E-state index in [1.807, 2.05) is 31.5 Å². The van der Waals surface area contributed by atoms with Crippen LogP contribution in [0.25, 0.3) is 11.4 Å². The number of nitrogens with zero attached hydrogens (tertiary/aromatic N) is 2. The Balaban J connectivity index is 2.42. The fourth-order valence-electron chi connectivity index (χ4n) is 1.77. The molecule has 0 aliphatic heterocycles. The van der Waals surface area contributed by atoms with Gasteiger partial charge in [-0.05, 0) is 25.0 Å². The SMILES string of the molecule is CCCn1ccnc1-c1ccc(C)c(N)c1. The Morgan fingerprint density at radius 1 is 1.38 bits per heavy atom. The third-order valence-corrected chi connectivity index (χ3v) is 2.72. The van der Waals surface area contributed by atoms with E-state index in [0.717, 1.165) is 35.6 Å². The molecule has 0 bridgehead atoms. The molecule has 3 heteroatoms. The zero-order valence-corrected chi connectivity index (χ0v) is 9.77. The monoisotopic (exact) mass is 215 g/mol. The van der Waals surface area contributed by atoms with Gasteiger partial charge in [-0.1, -0.05) is 19.1 Å². The molecule has 84 valence electrons. The van der Waals surface area contributed by atoms with E-state index in [-0.39, 0.29) is 0 Å². The lowest BCUT2D eigenvalue weighted by atomic mass is 10.1. The molecule has 16 heavy (non-hydrogen) atoms. The molecule has 0 amide bonds. The van der Waals surface area contributed by atoms with Gasteiger partial charge in [0.2, 0.25) is 0 Å². The van der Waals surface area contributed by atoms with Crippen LogP contribution in [-0.4, -0.2) is 9.55 Å². The van der Waals surface area contributed by atoms with Crippen molar-refractivity contribution in [1.29, 1.82) is 0 Å². The summed E-state index contributed by atoms with van der Waals surface area (Å²) in [5, 5.41) is 0. The van der Waals surface area contributed by atoms with Crippen molar-refractivity contribution in [3.63, 3.8) is 0 Å². The molecule has 0 saturated carbocycles. The van der Waals surface area contributed by atoms with Crippen molar-refractivity contribution < 1.29 is 0 Å². The molecule has 0 aliphatic rings. The van der Waals surface area contributed by atoms with Gasteiger partial charge in [-0.2, -0.15) is 0 Å². The normalized spacial score (nSPS) is 10.6. The number of anilines is 1. The van der Waals surface area contributed by atoms with Gasteiger partial charge in [0.1, 0.15) is 5.82 Å². The summed E-state index contributed by atoms with van der Waals surface area (Å²) in [4.78, 5) is 4.38. The highest BCUT2D eigenvalue weighted by atomic mass is 15.1. The van der Waals surface area contributed by atoms with Crippen molar-refractivity contribution in [3.8, 4) is 11.4 Å². The van der Waals surface area contributed by atoms with Crippen LogP contribution in [0, 0.1) is 6.92 Å². The highest BCUT2D eigenvalue weighted by molar-refractivity contribution is 5.63. The molecule has 0 saturated heterocycles. The average Bonchev–Trinajstić information content (AvgIpc) is 2.71. The van der Waals surface area contributed by atoms with Crippen LogP contribution in [0.5, 0.6) is 0 Å². The second-order valence-electron chi connectivity index (χ2n) is 4.02. The number of aromatic nitrogens is 2. The number of aryl methyl sites for hydroxylation is 2. The molecule has 2 rings (SSSR count). The molecule has 2 aromatic rings. The van der Waals surface area contributed by atoms with E-state index in [1.165, 1.54) is 0 Å². The maximum Gasteiger partial charge on any atom is 0.139 e. The van der Waals surface area contributed by atoms with E-state index in [1.54, 1.807) is 0 Å². The number of nitrogens with two attached hydrogens (primary N) is 1. The van der Waals surface area contributed by atoms with Crippen LogP contribution in [0.1, 0.15) is 18.9 Å². The maximum absolute atomic E-state index is 5.91. The summed E-state index contributed by atoms with van der Waals surface area (Å²) in [6, 6.07) is 6.10. The Hall–Kier alpha value is -1.77. The Labute approximate surface area is 95.9 Å². The predicted octanol–water partition coefficient (Wildman–Crippen LogP) is 2.85. The molecule has 0 aliphatic carbocycles. The van der Waals surface area contributed by atoms with Crippen LogP contribution in [0.15, 0.2) is 30.6 Å². The van der Waals surface area contributed by atoms with Crippen molar-refractivity contribution in [3.05, 3.63) is 36.2 Å². The zero-order valence-electron chi connectivity index (χ0n) is 9.77. The number of benzene rings is 1. The predicted molar refractivity (Wildman–Crippen MR) is 67.1 cm³/mol. The van der Waals surface area contributed by atoms with Crippen LogP contribution >= 0.6 is 0 Å². The molecule has 1 aromatic carbocycles. The first-order valence-corrected chi connectivity index (χ1v) is 5.60. The van der Waals surface area contributed by atoms with Gasteiger partial charge >= 0.3 is 0 Å². The minimum Gasteiger partial charge on any atom is -0.398 e. The number of rotatable bonds is 3. The van der Waals surface area contributed by atoms with E-state index in [9.17, 15) is 0 Å². The Kier molecular flexibility index (Phi) is 2.95. The summed E-state index contributed by atoms with van der Waals surface area (Å²) in [7, 11) is 0. The van der Waals surface area contributed by atoms with Crippen LogP contribution in [0.2, 0.25) is 0 Å². The molecule has 0 radical (unpaired) electrons. The first-order valence-electron chi connectivity index (χ1n) is 5.60. The lowest BCUT2D eigenvalue weighted by Gasteiger charge is -2.08. The third-order valence-electron chi connectivity index (χ3n) is 2.72. The van der Waals surface area contributed by atoms with E-state index >= 15 is 0 Å². The second-order valence-corrected chi connectivity index (χ2v) is 4.02. The molecule has 1 heterocycles. The first kappa shape index (κ1) is 10.7. The van der Waals surface area contributed by atoms with Gasteiger partial charge in [0, 0.05) is 30.2 Å². The summed E-state index contributed by atoms with van der Waals surface area (Å²) in [6.07, 6.45) is 4.95. The smallest absolute Gasteiger partial charge is 0.139 e. The van der Waals surface area contributed by atoms with Crippen molar-refractivity contribution in [2.75, 3.05) is 5.73 Å². The quantitative estimate of drug-likeness (QED) is 0.800. The zero-order chi connectivity index (χ0) is 11.5. The molecule has 1 aromatic heterocycles. The van der Waals surface area contributed by atoms with Gasteiger partial charge in [0.15, 0.2) is 0 Å². The topological polar surface area (TPSA) is 43.8 Å². The second kappa shape index (κ2) is 4.39. The summed E-state index contributed by atoms with van der Waals surface area (Å²) in [5.41, 5.74) is 8.93. The maximum atomic E-state index is 5.91. The minimum absolute atomic E-state index is 0.823. The summed E-state index contributed by atoms with van der Waals surface area (Å²) in [6.45, 7) is 5.16. The fraction of sp³-hybridized carbons (Fsp3) is 0.308. The molecule has 2 N–H and O–H groups in total. The van der Waals surface area contributed by atoms with Gasteiger partial charge in [0.25, 0.3) is 0 Å². The van der Waals surface area contributed by atoms with E-state index in [4.69, 9.17) is 5.73 Å². The third kappa shape index (κ3) is 1.94. The Bertz CT molecular complexity index is 486. The minimum atomic E-state index is 0.823. The number of hydrogen-bond donors (Lipinski definition) is 1. The van der Waals surface area contributed by atoms with Gasteiger partial charge in [-0.15, -0.1) is 0 Å². The molecule has 3 nitrogen and oxygen atoms in total. The Morgan fingerprint density at radius 3 is 2.88 bits per heavy atom. The van der Waals surface area contributed by atoms with Crippen LogP contribution in [0.4, 0.5) is 5.69 Å². The molecule has 0 spiro atoms.